The number of aromatic nitrogens is 1. The molecular weight excluding hydrogens is 332 g/mol. The lowest BCUT2D eigenvalue weighted by atomic mass is 9.91. The Labute approximate surface area is 154 Å². The van der Waals surface area contributed by atoms with E-state index in [9.17, 15) is 4.79 Å². The van der Waals surface area contributed by atoms with E-state index >= 15 is 0 Å². The average Bonchev–Trinajstić information content (AvgIpc) is 2.60. The first kappa shape index (κ1) is 16.8. The first-order valence-corrected chi connectivity index (χ1v) is 9.81. The fraction of sp³-hybridized carbons (Fsp3) is 0.524. The lowest BCUT2D eigenvalue weighted by molar-refractivity contribution is 0.0623. The summed E-state index contributed by atoms with van der Waals surface area (Å²) in [5, 5.41) is 1.80. The molecule has 1 aliphatic heterocycles. The minimum atomic E-state index is 0.121. The SMILES string of the molecule is CC1CC(C)CN(C(=O)c2ccc3c(Cl)c4c(nc3c2)CCCC4)C1. The summed E-state index contributed by atoms with van der Waals surface area (Å²) < 4.78 is 0. The molecule has 25 heavy (non-hydrogen) atoms. The Morgan fingerprint density at radius 2 is 1.88 bits per heavy atom. The number of carbonyl (C=O) groups excluding carboxylic acids is 1. The number of hydrogen-bond acceptors (Lipinski definition) is 2. The van der Waals surface area contributed by atoms with Crippen molar-refractivity contribution in [1.82, 2.24) is 9.88 Å². The Morgan fingerprint density at radius 3 is 2.64 bits per heavy atom. The molecule has 0 N–H and O–H groups in total. The number of benzene rings is 1. The fourth-order valence-corrected chi connectivity index (χ4v) is 4.87. The Balaban J connectivity index is 1.70. The van der Waals surface area contributed by atoms with Crippen molar-refractivity contribution in [3.05, 3.63) is 40.0 Å². The highest BCUT2D eigenvalue weighted by Crippen LogP contribution is 2.33. The van der Waals surface area contributed by atoms with Crippen molar-refractivity contribution in [1.29, 1.82) is 0 Å². The molecule has 2 aliphatic rings. The molecule has 0 spiro atoms. The number of amides is 1. The summed E-state index contributed by atoms with van der Waals surface area (Å²) in [4.78, 5) is 19.8. The molecule has 2 heterocycles. The van der Waals surface area contributed by atoms with Crippen LogP contribution in [-0.2, 0) is 12.8 Å². The second-order valence-electron chi connectivity index (χ2n) is 7.95. The van der Waals surface area contributed by atoms with Crippen LogP contribution < -0.4 is 0 Å². The third kappa shape index (κ3) is 3.15. The Morgan fingerprint density at radius 1 is 1.16 bits per heavy atom. The van der Waals surface area contributed by atoms with Crippen LogP contribution in [0.15, 0.2) is 18.2 Å². The van der Waals surface area contributed by atoms with E-state index in [2.05, 4.69) is 13.8 Å². The number of aryl methyl sites for hydroxylation is 1. The molecule has 1 saturated heterocycles. The van der Waals surface area contributed by atoms with Gasteiger partial charge in [-0.15, -0.1) is 0 Å². The van der Waals surface area contributed by atoms with E-state index in [1.165, 1.54) is 24.8 Å². The quantitative estimate of drug-likeness (QED) is 0.729. The van der Waals surface area contributed by atoms with Crippen molar-refractivity contribution in [2.45, 2.75) is 46.0 Å². The summed E-state index contributed by atoms with van der Waals surface area (Å²) in [6.45, 7) is 6.15. The molecule has 0 bridgehead atoms. The van der Waals surface area contributed by atoms with Gasteiger partial charge in [-0.2, -0.15) is 0 Å². The molecule has 1 fully saturated rings. The molecule has 2 atom stereocenters. The lowest BCUT2D eigenvalue weighted by Gasteiger charge is -2.35. The molecule has 2 aromatic rings. The van der Waals surface area contributed by atoms with Crippen LogP contribution in [0.1, 0.15) is 54.7 Å². The zero-order chi connectivity index (χ0) is 17.6. The van der Waals surface area contributed by atoms with Gasteiger partial charge in [-0.3, -0.25) is 9.78 Å². The van der Waals surface area contributed by atoms with Crippen molar-refractivity contribution >= 4 is 28.4 Å². The van der Waals surface area contributed by atoms with Crippen molar-refractivity contribution in [3.63, 3.8) is 0 Å². The number of fused-ring (bicyclic) bond motifs is 2. The Hall–Kier alpha value is -1.61. The van der Waals surface area contributed by atoms with Crippen LogP contribution in [0.2, 0.25) is 5.02 Å². The molecule has 1 aromatic heterocycles. The van der Waals surface area contributed by atoms with Crippen LogP contribution in [0, 0.1) is 11.8 Å². The van der Waals surface area contributed by atoms with Crippen molar-refractivity contribution in [2.75, 3.05) is 13.1 Å². The van der Waals surface area contributed by atoms with Crippen LogP contribution in [0.5, 0.6) is 0 Å². The summed E-state index contributed by atoms with van der Waals surface area (Å²) in [7, 11) is 0. The maximum atomic E-state index is 13.0. The van der Waals surface area contributed by atoms with E-state index in [0.29, 0.717) is 11.8 Å². The second-order valence-corrected chi connectivity index (χ2v) is 8.32. The van der Waals surface area contributed by atoms with Crippen molar-refractivity contribution in [2.24, 2.45) is 11.8 Å². The number of nitrogens with zero attached hydrogens (tertiary/aromatic N) is 2. The molecule has 2 unspecified atom stereocenters. The predicted octanol–water partition coefficient (Wildman–Crippen LogP) is 4.89. The Kier molecular flexibility index (Phi) is 4.45. The van der Waals surface area contributed by atoms with E-state index in [-0.39, 0.29) is 5.91 Å². The van der Waals surface area contributed by atoms with Crippen molar-refractivity contribution < 1.29 is 4.79 Å². The molecule has 132 valence electrons. The number of halogens is 1. The van der Waals surface area contributed by atoms with Crippen LogP contribution in [0.3, 0.4) is 0 Å². The van der Waals surface area contributed by atoms with Crippen LogP contribution in [-0.4, -0.2) is 28.9 Å². The van der Waals surface area contributed by atoms with Gasteiger partial charge in [0.1, 0.15) is 0 Å². The largest absolute Gasteiger partial charge is 0.338 e. The standard InChI is InChI=1S/C21H25ClN2O/c1-13-9-14(2)12-24(11-13)21(25)15-7-8-17-19(10-15)23-18-6-4-3-5-16(18)20(17)22/h7-8,10,13-14H,3-6,9,11-12H2,1-2H3. The first-order chi connectivity index (χ1) is 12.0. The predicted molar refractivity (Wildman–Crippen MR) is 102 cm³/mol. The van der Waals surface area contributed by atoms with Gasteiger partial charge in [0.15, 0.2) is 0 Å². The number of carbonyl (C=O) groups is 1. The minimum absolute atomic E-state index is 0.121. The highest BCUT2D eigenvalue weighted by atomic mass is 35.5. The molecule has 1 amide bonds. The minimum Gasteiger partial charge on any atom is -0.338 e. The zero-order valence-electron chi connectivity index (χ0n) is 15.0. The van der Waals surface area contributed by atoms with Gasteiger partial charge >= 0.3 is 0 Å². The smallest absolute Gasteiger partial charge is 0.253 e. The lowest BCUT2D eigenvalue weighted by Crippen LogP contribution is -2.42. The van der Waals surface area contributed by atoms with Crippen molar-refractivity contribution in [3.8, 4) is 0 Å². The second kappa shape index (κ2) is 6.60. The topological polar surface area (TPSA) is 33.2 Å². The highest BCUT2D eigenvalue weighted by molar-refractivity contribution is 6.36. The van der Waals surface area contributed by atoms with Crippen LogP contribution in [0.4, 0.5) is 0 Å². The van der Waals surface area contributed by atoms with Crippen LogP contribution in [0.25, 0.3) is 10.9 Å². The highest BCUT2D eigenvalue weighted by Gasteiger charge is 2.26. The van der Waals surface area contributed by atoms with E-state index in [1.54, 1.807) is 0 Å². The summed E-state index contributed by atoms with van der Waals surface area (Å²) in [6, 6.07) is 5.82. The third-order valence-electron chi connectivity index (χ3n) is 5.60. The number of piperidine rings is 1. The normalized spacial score (nSPS) is 23.6. The van der Waals surface area contributed by atoms with Gasteiger partial charge in [-0.25, -0.2) is 0 Å². The van der Waals surface area contributed by atoms with E-state index in [1.807, 2.05) is 23.1 Å². The molecule has 4 heteroatoms. The van der Waals surface area contributed by atoms with E-state index in [0.717, 1.165) is 53.1 Å². The van der Waals surface area contributed by atoms with Gasteiger partial charge in [0, 0.05) is 29.7 Å². The van der Waals surface area contributed by atoms with Gasteiger partial charge in [0.25, 0.3) is 5.91 Å². The summed E-state index contributed by atoms with van der Waals surface area (Å²) in [6.07, 6.45) is 5.56. The van der Waals surface area contributed by atoms with Gasteiger partial charge in [0.05, 0.1) is 10.5 Å². The number of pyridine rings is 1. The molecular formula is C21H25ClN2O. The molecule has 0 saturated carbocycles. The molecule has 3 nitrogen and oxygen atoms in total. The third-order valence-corrected chi connectivity index (χ3v) is 6.03. The number of likely N-dealkylation sites (tertiary alicyclic amines) is 1. The zero-order valence-corrected chi connectivity index (χ0v) is 15.8. The maximum absolute atomic E-state index is 13.0. The van der Waals surface area contributed by atoms with Gasteiger partial charge in [0.2, 0.25) is 0 Å². The average molecular weight is 357 g/mol. The fourth-order valence-electron chi connectivity index (χ4n) is 4.51. The van der Waals surface area contributed by atoms with Crippen LogP contribution >= 0.6 is 11.6 Å². The molecule has 1 aliphatic carbocycles. The summed E-state index contributed by atoms with van der Waals surface area (Å²) in [5.74, 6) is 1.25. The summed E-state index contributed by atoms with van der Waals surface area (Å²) >= 11 is 6.64. The molecule has 4 rings (SSSR count). The summed E-state index contributed by atoms with van der Waals surface area (Å²) in [5.41, 5.74) is 3.91. The number of hydrogen-bond donors (Lipinski definition) is 0. The van der Waals surface area contributed by atoms with E-state index < -0.39 is 0 Å². The first-order valence-electron chi connectivity index (χ1n) is 9.43. The van der Waals surface area contributed by atoms with Gasteiger partial charge < -0.3 is 4.90 Å². The maximum Gasteiger partial charge on any atom is 0.253 e. The Bertz CT molecular complexity index is 822. The van der Waals surface area contributed by atoms with Gasteiger partial charge in [-0.05, 0) is 61.6 Å². The molecule has 0 radical (unpaired) electrons. The monoisotopic (exact) mass is 356 g/mol. The number of rotatable bonds is 1. The van der Waals surface area contributed by atoms with Gasteiger partial charge in [-0.1, -0.05) is 31.5 Å². The molecule has 1 aromatic carbocycles. The van der Waals surface area contributed by atoms with E-state index in [4.69, 9.17) is 16.6 Å².